The number of benzene rings is 3. The summed E-state index contributed by atoms with van der Waals surface area (Å²) in [7, 11) is 1.47. The summed E-state index contributed by atoms with van der Waals surface area (Å²) in [5.41, 5.74) is 1.86. The van der Waals surface area contributed by atoms with Gasteiger partial charge in [-0.15, -0.1) is 5.10 Å². The minimum atomic E-state index is -0.228. The number of para-hydroxylation sites is 1. The number of phenols is 1. The fourth-order valence-electron chi connectivity index (χ4n) is 2.51. The Labute approximate surface area is 157 Å². The van der Waals surface area contributed by atoms with E-state index in [1.54, 1.807) is 54.6 Å². The molecule has 1 N–H and O–H groups in total. The summed E-state index contributed by atoms with van der Waals surface area (Å²) < 4.78 is 5.08. The number of Topliss-reactive ketones (excluding diaryl/α,β-unsaturated/α-hetero) is 1. The number of phenolic OH excluding ortho intramolecular Hbond substituents is 1. The first kappa shape index (κ1) is 18.1. The lowest BCUT2D eigenvalue weighted by Gasteiger charge is -2.05. The van der Waals surface area contributed by atoms with Crippen LogP contribution in [0.4, 0.5) is 0 Å². The molecule has 134 valence electrons. The van der Waals surface area contributed by atoms with E-state index < -0.39 is 0 Å². The molecule has 0 saturated heterocycles. The van der Waals surface area contributed by atoms with E-state index in [0.29, 0.717) is 22.4 Å². The number of hydrogen-bond acceptors (Lipinski definition) is 5. The number of rotatable bonds is 6. The second-order valence-electron chi connectivity index (χ2n) is 5.65. The standard InChI is InChI=1S/C22H18N2O3/c1-27-19-14-8-13-18(21(19)25)15-23-24-20(16-9-4-2-5-10-16)22(26)17-11-6-3-7-12-17/h2-15,25H,1H3. The fraction of sp³-hybridized carbons (Fsp3) is 0.0455. The van der Waals surface area contributed by atoms with Gasteiger partial charge in [-0.05, 0) is 12.1 Å². The smallest absolute Gasteiger partial charge is 0.213 e. The number of methoxy groups -OCH3 is 1. The van der Waals surface area contributed by atoms with Crippen LogP contribution >= 0.6 is 0 Å². The third kappa shape index (κ3) is 4.27. The first-order valence-corrected chi connectivity index (χ1v) is 8.33. The summed E-state index contributed by atoms with van der Waals surface area (Å²) in [6.45, 7) is 0. The van der Waals surface area contributed by atoms with Crippen LogP contribution < -0.4 is 4.74 Å². The summed E-state index contributed by atoms with van der Waals surface area (Å²) in [6, 6.07) is 23.1. The number of aromatic hydroxyl groups is 1. The van der Waals surface area contributed by atoms with Crippen LogP contribution in [0, 0.1) is 0 Å². The van der Waals surface area contributed by atoms with Gasteiger partial charge in [0.15, 0.2) is 11.5 Å². The van der Waals surface area contributed by atoms with Gasteiger partial charge in [0.25, 0.3) is 0 Å². The van der Waals surface area contributed by atoms with Crippen LogP contribution in [0.1, 0.15) is 21.5 Å². The summed E-state index contributed by atoms with van der Waals surface area (Å²) in [5.74, 6) is 0.0787. The number of carbonyl (C=O) groups is 1. The Morgan fingerprint density at radius 2 is 1.52 bits per heavy atom. The van der Waals surface area contributed by atoms with Crippen molar-refractivity contribution in [3.05, 3.63) is 95.6 Å². The van der Waals surface area contributed by atoms with Crippen molar-refractivity contribution in [1.82, 2.24) is 0 Å². The van der Waals surface area contributed by atoms with Crippen LogP contribution in [0.25, 0.3) is 0 Å². The average molecular weight is 358 g/mol. The predicted molar refractivity (Wildman–Crippen MR) is 106 cm³/mol. The summed E-state index contributed by atoms with van der Waals surface area (Å²) in [6.07, 6.45) is 1.39. The van der Waals surface area contributed by atoms with Crippen LogP contribution in [0.2, 0.25) is 0 Å². The zero-order valence-electron chi connectivity index (χ0n) is 14.7. The number of nitrogens with zero attached hydrogens (tertiary/aromatic N) is 2. The van der Waals surface area contributed by atoms with E-state index in [4.69, 9.17) is 4.74 Å². The van der Waals surface area contributed by atoms with Gasteiger partial charge in [-0.2, -0.15) is 5.10 Å². The van der Waals surface area contributed by atoms with Crippen molar-refractivity contribution in [1.29, 1.82) is 0 Å². The molecular formula is C22H18N2O3. The molecule has 0 atom stereocenters. The highest BCUT2D eigenvalue weighted by atomic mass is 16.5. The van der Waals surface area contributed by atoms with Gasteiger partial charge in [0.1, 0.15) is 5.71 Å². The molecule has 0 aromatic heterocycles. The molecule has 0 saturated carbocycles. The van der Waals surface area contributed by atoms with Crippen molar-refractivity contribution in [2.24, 2.45) is 10.2 Å². The lowest BCUT2D eigenvalue weighted by molar-refractivity contribution is 0.106. The Morgan fingerprint density at radius 3 is 2.15 bits per heavy atom. The maximum Gasteiger partial charge on any atom is 0.213 e. The zero-order chi connectivity index (χ0) is 19.1. The van der Waals surface area contributed by atoms with E-state index in [-0.39, 0.29) is 17.2 Å². The normalized spacial score (nSPS) is 11.5. The van der Waals surface area contributed by atoms with Crippen molar-refractivity contribution in [3.8, 4) is 11.5 Å². The van der Waals surface area contributed by atoms with E-state index in [2.05, 4.69) is 10.2 Å². The summed E-state index contributed by atoms with van der Waals surface area (Å²) in [5, 5.41) is 18.3. The highest BCUT2D eigenvalue weighted by Crippen LogP contribution is 2.28. The van der Waals surface area contributed by atoms with E-state index >= 15 is 0 Å². The first-order chi connectivity index (χ1) is 13.2. The van der Waals surface area contributed by atoms with E-state index in [9.17, 15) is 9.90 Å². The maximum atomic E-state index is 12.9. The minimum Gasteiger partial charge on any atom is -0.504 e. The van der Waals surface area contributed by atoms with Gasteiger partial charge in [-0.25, -0.2) is 0 Å². The van der Waals surface area contributed by atoms with Crippen molar-refractivity contribution < 1.29 is 14.6 Å². The first-order valence-electron chi connectivity index (χ1n) is 8.33. The molecule has 0 fully saturated rings. The second kappa shape index (κ2) is 8.58. The van der Waals surface area contributed by atoms with Gasteiger partial charge in [0.05, 0.1) is 13.3 Å². The summed E-state index contributed by atoms with van der Waals surface area (Å²) in [4.78, 5) is 12.9. The van der Waals surface area contributed by atoms with Gasteiger partial charge in [0.2, 0.25) is 5.78 Å². The molecular weight excluding hydrogens is 340 g/mol. The molecule has 0 amide bonds. The van der Waals surface area contributed by atoms with Crippen LogP contribution in [-0.2, 0) is 0 Å². The number of carbonyl (C=O) groups excluding carboxylic acids is 1. The van der Waals surface area contributed by atoms with Crippen LogP contribution in [0.5, 0.6) is 11.5 Å². The lowest BCUT2D eigenvalue weighted by Crippen LogP contribution is -2.15. The van der Waals surface area contributed by atoms with E-state index in [0.717, 1.165) is 0 Å². The van der Waals surface area contributed by atoms with Gasteiger partial charge in [-0.3, -0.25) is 4.79 Å². The van der Waals surface area contributed by atoms with E-state index in [1.165, 1.54) is 13.3 Å². The Kier molecular flexibility index (Phi) is 5.74. The number of ether oxygens (including phenoxy) is 1. The van der Waals surface area contributed by atoms with Crippen molar-refractivity contribution in [2.45, 2.75) is 0 Å². The molecule has 0 bridgehead atoms. The van der Waals surface area contributed by atoms with Crippen LogP contribution in [0.15, 0.2) is 89.1 Å². The largest absolute Gasteiger partial charge is 0.504 e. The molecule has 5 nitrogen and oxygen atoms in total. The highest BCUT2D eigenvalue weighted by molar-refractivity contribution is 6.51. The van der Waals surface area contributed by atoms with Crippen molar-refractivity contribution in [3.63, 3.8) is 0 Å². The predicted octanol–water partition coefficient (Wildman–Crippen LogP) is 4.11. The fourth-order valence-corrected chi connectivity index (χ4v) is 2.51. The highest BCUT2D eigenvalue weighted by Gasteiger charge is 2.16. The molecule has 3 aromatic rings. The van der Waals surface area contributed by atoms with Gasteiger partial charge in [0, 0.05) is 16.7 Å². The molecule has 3 aromatic carbocycles. The SMILES string of the molecule is COc1cccc(C=NN=C(C(=O)c2ccccc2)c2ccccc2)c1O. The van der Waals surface area contributed by atoms with Gasteiger partial charge < -0.3 is 9.84 Å². The van der Waals surface area contributed by atoms with E-state index in [1.807, 2.05) is 24.3 Å². The Morgan fingerprint density at radius 1 is 0.889 bits per heavy atom. The lowest BCUT2D eigenvalue weighted by atomic mass is 10.0. The Balaban J connectivity index is 1.97. The summed E-state index contributed by atoms with van der Waals surface area (Å²) >= 11 is 0. The minimum absolute atomic E-state index is 0.0328. The molecule has 0 aliphatic heterocycles. The zero-order valence-corrected chi connectivity index (χ0v) is 14.7. The molecule has 5 heteroatoms. The van der Waals surface area contributed by atoms with Crippen molar-refractivity contribution in [2.75, 3.05) is 7.11 Å². The maximum absolute atomic E-state index is 12.9. The van der Waals surface area contributed by atoms with Crippen molar-refractivity contribution >= 4 is 17.7 Å². The molecule has 3 rings (SSSR count). The molecule has 0 unspecified atom stereocenters. The quantitative estimate of drug-likeness (QED) is 0.409. The topological polar surface area (TPSA) is 71.2 Å². The monoisotopic (exact) mass is 358 g/mol. The van der Waals surface area contributed by atoms with Gasteiger partial charge in [-0.1, -0.05) is 66.7 Å². The van der Waals surface area contributed by atoms with Crippen LogP contribution in [-0.4, -0.2) is 29.9 Å². The second-order valence-corrected chi connectivity index (χ2v) is 5.65. The molecule has 0 aliphatic rings. The molecule has 0 spiro atoms. The molecule has 27 heavy (non-hydrogen) atoms. The molecule has 0 heterocycles. The van der Waals surface area contributed by atoms with Gasteiger partial charge >= 0.3 is 0 Å². The number of hydrogen-bond donors (Lipinski definition) is 1. The number of ketones is 1. The third-order valence-electron chi connectivity index (χ3n) is 3.90. The Hall–Kier alpha value is -3.73. The molecule has 0 aliphatic carbocycles. The third-order valence-corrected chi connectivity index (χ3v) is 3.90. The van der Waals surface area contributed by atoms with Crippen LogP contribution in [0.3, 0.4) is 0 Å². The Bertz CT molecular complexity index is 981. The molecule has 0 radical (unpaired) electrons. The average Bonchev–Trinajstić information content (AvgIpc) is 2.73.